The fourth-order valence-electron chi connectivity index (χ4n) is 1.02. The molecule has 0 radical (unpaired) electrons. The van der Waals surface area contributed by atoms with E-state index < -0.39 is 6.10 Å². The monoisotopic (exact) mass is 204 g/mol. The molecule has 0 aliphatic heterocycles. The van der Waals surface area contributed by atoms with Crippen LogP contribution in [0, 0.1) is 0 Å². The molecule has 0 aromatic carbocycles. The van der Waals surface area contributed by atoms with E-state index >= 15 is 0 Å². The molecule has 0 saturated heterocycles. The highest BCUT2D eigenvalue weighted by Gasteiger charge is 2.07. The minimum atomic E-state index is -0.713. The van der Waals surface area contributed by atoms with Crippen LogP contribution in [0.25, 0.3) is 0 Å². The second-order valence-electron chi connectivity index (χ2n) is 3.25. The summed E-state index contributed by atoms with van der Waals surface area (Å²) in [6.07, 6.45) is 2.70. The van der Waals surface area contributed by atoms with Gasteiger partial charge < -0.3 is 14.6 Å². The maximum Gasteiger partial charge on any atom is 0.305 e. The van der Waals surface area contributed by atoms with E-state index in [4.69, 9.17) is 14.6 Å². The van der Waals surface area contributed by atoms with Crippen LogP contribution in [0.15, 0.2) is 0 Å². The summed E-state index contributed by atoms with van der Waals surface area (Å²) in [4.78, 5) is 11.1. The number of methoxy groups -OCH3 is 1. The summed E-state index contributed by atoms with van der Waals surface area (Å²) in [7, 11) is 1.49. The standard InChI is InChI=1S/C10H20O4/c1-3-4-5-6-10(12)14-8-9(11)7-13-2/h9,11H,3-8H2,1-2H3. The van der Waals surface area contributed by atoms with Crippen LogP contribution in [0.5, 0.6) is 0 Å². The first-order valence-electron chi connectivity index (χ1n) is 5.03. The highest BCUT2D eigenvalue weighted by Crippen LogP contribution is 2.00. The van der Waals surface area contributed by atoms with E-state index in [-0.39, 0.29) is 19.2 Å². The Morgan fingerprint density at radius 2 is 2.07 bits per heavy atom. The molecule has 0 aliphatic rings. The van der Waals surface area contributed by atoms with Gasteiger partial charge >= 0.3 is 5.97 Å². The lowest BCUT2D eigenvalue weighted by Gasteiger charge is -2.09. The van der Waals surface area contributed by atoms with E-state index in [1.807, 2.05) is 0 Å². The number of hydrogen-bond donors (Lipinski definition) is 1. The first kappa shape index (κ1) is 13.4. The minimum Gasteiger partial charge on any atom is -0.463 e. The maximum absolute atomic E-state index is 11.1. The van der Waals surface area contributed by atoms with Gasteiger partial charge in [0.1, 0.15) is 12.7 Å². The molecule has 4 heteroatoms. The molecular formula is C10H20O4. The smallest absolute Gasteiger partial charge is 0.305 e. The quantitative estimate of drug-likeness (QED) is 0.475. The average Bonchev–Trinajstić information content (AvgIpc) is 2.16. The van der Waals surface area contributed by atoms with Gasteiger partial charge in [0, 0.05) is 13.5 Å². The Morgan fingerprint density at radius 1 is 1.36 bits per heavy atom. The summed E-state index contributed by atoms with van der Waals surface area (Å²) in [6.45, 7) is 2.30. The van der Waals surface area contributed by atoms with Crippen molar-refractivity contribution in [3.8, 4) is 0 Å². The Labute approximate surface area is 85.2 Å². The van der Waals surface area contributed by atoms with Crippen molar-refractivity contribution in [2.24, 2.45) is 0 Å². The molecule has 0 saturated carbocycles. The third-order valence-corrected chi connectivity index (χ3v) is 1.78. The predicted octanol–water partition coefficient (Wildman–Crippen LogP) is 1.12. The van der Waals surface area contributed by atoms with Crippen LogP contribution in [0.4, 0.5) is 0 Å². The zero-order chi connectivity index (χ0) is 10.8. The summed E-state index contributed by atoms with van der Waals surface area (Å²) >= 11 is 0. The number of ether oxygens (including phenoxy) is 2. The molecule has 0 aromatic heterocycles. The second kappa shape index (κ2) is 8.97. The summed E-state index contributed by atoms with van der Waals surface area (Å²) in [5.41, 5.74) is 0. The topological polar surface area (TPSA) is 55.8 Å². The van der Waals surface area contributed by atoms with Crippen LogP contribution in [0.2, 0.25) is 0 Å². The van der Waals surface area contributed by atoms with Gasteiger partial charge in [-0.2, -0.15) is 0 Å². The third-order valence-electron chi connectivity index (χ3n) is 1.78. The molecule has 0 bridgehead atoms. The molecule has 14 heavy (non-hydrogen) atoms. The van der Waals surface area contributed by atoms with Gasteiger partial charge in [0.25, 0.3) is 0 Å². The zero-order valence-electron chi connectivity index (χ0n) is 8.99. The van der Waals surface area contributed by atoms with Gasteiger partial charge in [-0.15, -0.1) is 0 Å². The first-order chi connectivity index (χ1) is 6.70. The molecule has 0 aromatic rings. The van der Waals surface area contributed by atoms with Gasteiger partial charge in [-0.3, -0.25) is 4.79 Å². The van der Waals surface area contributed by atoms with Crippen molar-refractivity contribution in [1.82, 2.24) is 0 Å². The van der Waals surface area contributed by atoms with Crippen molar-refractivity contribution in [3.63, 3.8) is 0 Å². The number of rotatable bonds is 8. The van der Waals surface area contributed by atoms with Crippen molar-refractivity contribution < 1.29 is 19.4 Å². The fourth-order valence-corrected chi connectivity index (χ4v) is 1.02. The van der Waals surface area contributed by atoms with E-state index in [0.717, 1.165) is 19.3 Å². The number of aliphatic hydroxyl groups is 1. The average molecular weight is 204 g/mol. The fraction of sp³-hybridized carbons (Fsp3) is 0.900. The lowest BCUT2D eigenvalue weighted by Crippen LogP contribution is -2.22. The van der Waals surface area contributed by atoms with E-state index in [2.05, 4.69) is 6.92 Å². The lowest BCUT2D eigenvalue weighted by atomic mass is 10.2. The lowest BCUT2D eigenvalue weighted by molar-refractivity contribution is -0.147. The van der Waals surface area contributed by atoms with Crippen LogP contribution in [0.3, 0.4) is 0 Å². The number of carbonyl (C=O) groups excluding carboxylic acids is 1. The van der Waals surface area contributed by atoms with Crippen LogP contribution >= 0.6 is 0 Å². The summed E-state index contributed by atoms with van der Waals surface area (Å²) in [6, 6.07) is 0. The number of hydrogen-bond acceptors (Lipinski definition) is 4. The predicted molar refractivity (Wildman–Crippen MR) is 53.0 cm³/mol. The van der Waals surface area contributed by atoms with Gasteiger partial charge in [-0.1, -0.05) is 19.8 Å². The molecule has 4 nitrogen and oxygen atoms in total. The molecule has 0 rings (SSSR count). The molecule has 0 fully saturated rings. The third kappa shape index (κ3) is 8.01. The Bertz CT molecular complexity index is 147. The van der Waals surface area contributed by atoms with E-state index in [1.54, 1.807) is 0 Å². The molecule has 1 atom stereocenters. The Morgan fingerprint density at radius 3 is 2.64 bits per heavy atom. The highest BCUT2D eigenvalue weighted by molar-refractivity contribution is 5.69. The molecule has 0 spiro atoms. The van der Waals surface area contributed by atoms with Crippen molar-refractivity contribution in [3.05, 3.63) is 0 Å². The Balaban J connectivity index is 3.34. The van der Waals surface area contributed by atoms with Crippen LogP contribution in [-0.4, -0.2) is 37.5 Å². The normalized spacial score (nSPS) is 12.5. The van der Waals surface area contributed by atoms with Crippen molar-refractivity contribution in [2.75, 3.05) is 20.3 Å². The van der Waals surface area contributed by atoms with Crippen molar-refractivity contribution in [1.29, 1.82) is 0 Å². The van der Waals surface area contributed by atoms with Crippen LogP contribution < -0.4 is 0 Å². The van der Waals surface area contributed by atoms with E-state index in [0.29, 0.717) is 6.42 Å². The van der Waals surface area contributed by atoms with E-state index in [9.17, 15) is 4.79 Å². The number of esters is 1. The van der Waals surface area contributed by atoms with Crippen LogP contribution in [0.1, 0.15) is 32.6 Å². The molecule has 0 heterocycles. The first-order valence-corrected chi connectivity index (χ1v) is 5.03. The zero-order valence-corrected chi connectivity index (χ0v) is 8.99. The molecule has 84 valence electrons. The number of carbonyl (C=O) groups is 1. The summed E-state index contributed by atoms with van der Waals surface area (Å²) in [5, 5.41) is 9.17. The molecule has 1 N–H and O–H groups in total. The van der Waals surface area contributed by atoms with Crippen molar-refractivity contribution >= 4 is 5.97 Å². The van der Waals surface area contributed by atoms with Gasteiger partial charge in [0.2, 0.25) is 0 Å². The summed E-state index contributed by atoms with van der Waals surface area (Å²) in [5.74, 6) is -0.242. The van der Waals surface area contributed by atoms with E-state index in [1.165, 1.54) is 7.11 Å². The van der Waals surface area contributed by atoms with Crippen LogP contribution in [-0.2, 0) is 14.3 Å². The molecule has 0 aliphatic carbocycles. The highest BCUT2D eigenvalue weighted by atomic mass is 16.5. The SMILES string of the molecule is CCCCCC(=O)OCC(O)COC. The maximum atomic E-state index is 11.1. The molecule has 1 unspecified atom stereocenters. The molecular weight excluding hydrogens is 184 g/mol. The minimum absolute atomic E-state index is 0.0266. The van der Waals surface area contributed by atoms with Gasteiger partial charge in [-0.25, -0.2) is 0 Å². The number of aliphatic hydroxyl groups excluding tert-OH is 1. The Hall–Kier alpha value is -0.610. The van der Waals surface area contributed by atoms with Gasteiger partial charge in [0.05, 0.1) is 6.61 Å². The van der Waals surface area contributed by atoms with Crippen molar-refractivity contribution in [2.45, 2.75) is 38.7 Å². The number of unbranched alkanes of at least 4 members (excludes halogenated alkanes) is 2. The Kier molecular flexibility index (Phi) is 8.57. The van der Waals surface area contributed by atoms with Gasteiger partial charge in [-0.05, 0) is 6.42 Å². The largest absolute Gasteiger partial charge is 0.463 e. The molecule has 0 amide bonds. The van der Waals surface area contributed by atoms with Gasteiger partial charge in [0.15, 0.2) is 0 Å². The second-order valence-corrected chi connectivity index (χ2v) is 3.25. The summed E-state index contributed by atoms with van der Waals surface area (Å²) < 4.78 is 9.53.